The molecule has 0 atom stereocenters. The molecule has 0 unspecified atom stereocenters. The van der Waals surface area contributed by atoms with Crippen LogP contribution in [-0.2, 0) is 14.9 Å². The highest BCUT2D eigenvalue weighted by Crippen LogP contribution is 2.29. The number of rotatable bonds is 8. The molecule has 0 radical (unpaired) electrons. The number of nitrogens with zero attached hydrogens (tertiary/aromatic N) is 2. The Hall–Kier alpha value is -4.86. The summed E-state index contributed by atoms with van der Waals surface area (Å²) in [4.78, 5) is 31.6. The van der Waals surface area contributed by atoms with Gasteiger partial charge in [0.15, 0.2) is 5.78 Å². The molecule has 1 aliphatic carbocycles. The van der Waals surface area contributed by atoms with Crippen LogP contribution in [0.3, 0.4) is 0 Å². The summed E-state index contributed by atoms with van der Waals surface area (Å²) >= 11 is 3.41. The molecule has 1 aliphatic rings. The maximum absolute atomic E-state index is 13.8. The summed E-state index contributed by atoms with van der Waals surface area (Å²) in [7, 11) is -4.01. The lowest BCUT2D eigenvalue weighted by Crippen LogP contribution is -2.24. The van der Waals surface area contributed by atoms with E-state index in [-0.39, 0.29) is 22.0 Å². The molecule has 44 heavy (non-hydrogen) atoms. The van der Waals surface area contributed by atoms with Crippen LogP contribution in [0.4, 0.5) is 0 Å². The first kappa shape index (κ1) is 29.2. The van der Waals surface area contributed by atoms with Crippen LogP contribution < -0.4 is 9.74 Å². The first-order valence-electron chi connectivity index (χ1n) is 13.8. The Balaban J connectivity index is 1.33. The molecule has 0 N–H and O–H groups in total. The maximum Gasteiger partial charge on any atom is 0.339 e. The van der Waals surface area contributed by atoms with Gasteiger partial charge in [0.25, 0.3) is 5.56 Å². The fourth-order valence-electron chi connectivity index (χ4n) is 4.89. The van der Waals surface area contributed by atoms with Crippen molar-refractivity contribution in [1.82, 2.24) is 9.55 Å². The molecule has 0 aliphatic heterocycles. The fraction of sp³-hybridized carbons (Fsp3) is 0.0571. The highest BCUT2D eigenvalue weighted by molar-refractivity contribution is 9.10. The van der Waals surface area contributed by atoms with E-state index in [4.69, 9.17) is 9.17 Å². The van der Waals surface area contributed by atoms with Crippen LogP contribution in [-0.4, -0.2) is 23.8 Å². The summed E-state index contributed by atoms with van der Waals surface area (Å²) in [6, 6.07) is 29.1. The first-order valence-corrected chi connectivity index (χ1v) is 16.0. The number of aromatic nitrogens is 2. The Labute approximate surface area is 262 Å². The lowest BCUT2D eigenvalue weighted by molar-refractivity contribution is -0.111. The molecular formula is C35H25BrN2O5S. The van der Waals surface area contributed by atoms with Gasteiger partial charge >= 0.3 is 10.1 Å². The fourth-order valence-corrected chi connectivity index (χ4v) is 6.10. The summed E-state index contributed by atoms with van der Waals surface area (Å²) in [5, 5.41) is 0.467. The van der Waals surface area contributed by atoms with Crippen molar-refractivity contribution in [3.63, 3.8) is 0 Å². The van der Waals surface area contributed by atoms with Crippen LogP contribution in [0.25, 0.3) is 34.1 Å². The summed E-state index contributed by atoms with van der Waals surface area (Å²) in [6.45, 7) is 0. The molecule has 0 spiro atoms. The second-order valence-corrected chi connectivity index (χ2v) is 12.5. The van der Waals surface area contributed by atoms with Crippen molar-refractivity contribution in [2.75, 3.05) is 0 Å². The maximum atomic E-state index is 13.8. The average molecular weight is 666 g/mol. The van der Waals surface area contributed by atoms with E-state index in [2.05, 4.69) is 15.9 Å². The number of hydrogen-bond donors (Lipinski definition) is 0. The zero-order valence-electron chi connectivity index (χ0n) is 23.3. The third kappa shape index (κ3) is 6.24. The minimum Gasteiger partial charge on any atom is -0.379 e. The number of carbonyl (C=O) groups excluding carboxylic acids is 1. The second kappa shape index (κ2) is 12.4. The first-order chi connectivity index (χ1) is 21.3. The van der Waals surface area contributed by atoms with Crippen LogP contribution in [0.1, 0.15) is 18.4 Å². The van der Waals surface area contributed by atoms with Crippen molar-refractivity contribution in [2.45, 2.75) is 17.7 Å². The van der Waals surface area contributed by atoms with Gasteiger partial charge in [-0.3, -0.25) is 14.2 Å². The summed E-state index contributed by atoms with van der Waals surface area (Å²) < 4.78 is 33.2. The van der Waals surface area contributed by atoms with Crippen LogP contribution in [0.5, 0.6) is 5.75 Å². The molecule has 0 saturated carbocycles. The van der Waals surface area contributed by atoms with Crippen molar-refractivity contribution in [1.29, 1.82) is 0 Å². The standard InChI is InChI=1S/C35H25BrN2O5S/c36-27-17-10-24(11-18-27)12-23-33(39)25-13-19-28(20-14-25)38-34(37-32-9-5-4-8-31(32)35(38)40)26-15-21-29(22-16-26)43-44(41,42)30-6-2-1-3-7-30/h1-13,15-19,21-23H,14,20H2/b23-12+. The number of benzene rings is 4. The van der Waals surface area contributed by atoms with Crippen molar-refractivity contribution >= 4 is 54.5 Å². The molecule has 1 aromatic heterocycles. The number of allylic oxidation sites excluding steroid dienone is 5. The monoisotopic (exact) mass is 664 g/mol. The predicted molar refractivity (Wildman–Crippen MR) is 175 cm³/mol. The quantitative estimate of drug-likeness (QED) is 0.126. The molecule has 0 bridgehead atoms. The topological polar surface area (TPSA) is 95.3 Å². The lowest BCUT2D eigenvalue weighted by Gasteiger charge is -2.19. The van der Waals surface area contributed by atoms with Crippen molar-refractivity contribution in [2.24, 2.45) is 0 Å². The van der Waals surface area contributed by atoms with E-state index in [0.29, 0.717) is 46.4 Å². The van der Waals surface area contributed by atoms with Crippen LogP contribution in [0, 0.1) is 0 Å². The molecule has 1 heterocycles. The highest BCUT2D eigenvalue weighted by atomic mass is 79.9. The van der Waals surface area contributed by atoms with Crippen LogP contribution in [0.15, 0.2) is 141 Å². The number of hydrogen-bond acceptors (Lipinski definition) is 6. The van der Waals surface area contributed by atoms with E-state index in [1.165, 1.54) is 24.3 Å². The zero-order valence-corrected chi connectivity index (χ0v) is 25.7. The average Bonchev–Trinajstić information content (AvgIpc) is 3.05. The molecule has 0 amide bonds. The van der Waals surface area contributed by atoms with Gasteiger partial charge in [0.2, 0.25) is 0 Å². The number of para-hydroxylation sites is 1. The third-order valence-corrected chi connectivity index (χ3v) is 8.94. The minimum absolute atomic E-state index is 0.0491. The van der Waals surface area contributed by atoms with Gasteiger partial charge in [-0.05, 0) is 96.8 Å². The Bertz CT molecular complexity index is 2130. The Morgan fingerprint density at radius 1 is 0.841 bits per heavy atom. The van der Waals surface area contributed by atoms with Gasteiger partial charge in [0, 0.05) is 15.7 Å². The van der Waals surface area contributed by atoms with Gasteiger partial charge in [-0.25, -0.2) is 4.98 Å². The molecule has 0 fully saturated rings. The van der Waals surface area contributed by atoms with E-state index in [1.54, 1.807) is 77.4 Å². The van der Waals surface area contributed by atoms with Gasteiger partial charge in [-0.1, -0.05) is 70.5 Å². The van der Waals surface area contributed by atoms with Crippen molar-refractivity contribution in [3.8, 4) is 17.1 Å². The number of fused-ring (bicyclic) bond motifs is 1. The third-order valence-electron chi connectivity index (χ3n) is 7.15. The van der Waals surface area contributed by atoms with Gasteiger partial charge in [0.1, 0.15) is 16.5 Å². The van der Waals surface area contributed by atoms with Crippen LogP contribution >= 0.6 is 15.9 Å². The number of halogens is 1. The van der Waals surface area contributed by atoms with E-state index in [1.807, 2.05) is 30.3 Å². The predicted octanol–water partition coefficient (Wildman–Crippen LogP) is 7.44. The zero-order chi connectivity index (χ0) is 30.7. The van der Waals surface area contributed by atoms with Gasteiger partial charge in [-0.15, -0.1) is 0 Å². The molecule has 4 aromatic carbocycles. The van der Waals surface area contributed by atoms with Crippen molar-refractivity contribution < 1.29 is 17.4 Å². The Morgan fingerprint density at radius 2 is 1.55 bits per heavy atom. The van der Waals surface area contributed by atoms with Gasteiger partial charge in [0.05, 0.1) is 10.9 Å². The summed E-state index contributed by atoms with van der Waals surface area (Å²) in [6.07, 6.45) is 7.79. The molecule has 9 heteroatoms. The Kier molecular flexibility index (Phi) is 8.23. The van der Waals surface area contributed by atoms with Gasteiger partial charge in [-0.2, -0.15) is 8.42 Å². The van der Waals surface area contributed by atoms with E-state index in [0.717, 1.165) is 10.0 Å². The normalized spacial score (nSPS) is 13.5. The Morgan fingerprint density at radius 3 is 2.25 bits per heavy atom. The molecule has 0 saturated heterocycles. The number of ketones is 1. The number of carbonyl (C=O) groups is 1. The molecule has 218 valence electrons. The smallest absolute Gasteiger partial charge is 0.339 e. The molecule has 6 rings (SSSR count). The summed E-state index contributed by atoms with van der Waals surface area (Å²) in [5.41, 5.74) is 3.16. The van der Waals surface area contributed by atoms with E-state index >= 15 is 0 Å². The van der Waals surface area contributed by atoms with E-state index < -0.39 is 10.1 Å². The van der Waals surface area contributed by atoms with E-state index in [9.17, 15) is 18.0 Å². The highest BCUT2D eigenvalue weighted by Gasteiger charge is 2.20. The minimum atomic E-state index is -4.01. The van der Waals surface area contributed by atoms with Crippen molar-refractivity contribution in [3.05, 3.63) is 147 Å². The molecular weight excluding hydrogens is 640 g/mol. The van der Waals surface area contributed by atoms with Crippen LogP contribution in [0.2, 0.25) is 0 Å². The largest absolute Gasteiger partial charge is 0.379 e. The lowest BCUT2D eigenvalue weighted by atomic mass is 9.97. The SMILES string of the molecule is O=C(/C=C/c1ccc(Br)cc1)C1=CC=C(n2c(-c3ccc(OS(=O)(=O)c4ccccc4)cc3)nc3ccccc3c2=O)CC1. The second-order valence-electron chi connectivity index (χ2n) is 10.1. The molecule has 7 nitrogen and oxygen atoms in total. The molecule has 5 aromatic rings. The van der Waals surface area contributed by atoms with Gasteiger partial charge < -0.3 is 4.18 Å². The summed E-state index contributed by atoms with van der Waals surface area (Å²) in [5.74, 6) is 0.440.